The third kappa shape index (κ3) is 2.63. The number of nitrogens with two attached hydrogens (primary N) is 1. The van der Waals surface area contributed by atoms with E-state index in [0.717, 1.165) is 6.92 Å². The van der Waals surface area contributed by atoms with Crippen molar-refractivity contribution in [2.45, 2.75) is 30.8 Å². The van der Waals surface area contributed by atoms with Crippen LogP contribution in [0.4, 0.5) is 0 Å². The van der Waals surface area contributed by atoms with Crippen molar-refractivity contribution >= 4 is 5.91 Å². The quantitative estimate of drug-likeness (QED) is 0.275. The van der Waals surface area contributed by atoms with Gasteiger partial charge in [-0.05, 0) is 6.92 Å². The van der Waals surface area contributed by atoms with E-state index in [1.165, 1.54) is 0 Å². The summed E-state index contributed by atoms with van der Waals surface area (Å²) in [6, 6.07) is 0. The first kappa shape index (κ1) is 13.3. The highest BCUT2D eigenvalue weighted by Crippen LogP contribution is 2.14. The van der Waals surface area contributed by atoms with E-state index in [2.05, 4.69) is 0 Å². The van der Waals surface area contributed by atoms with Crippen LogP contribution in [0, 0.1) is 0 Å². The summed E-state index contributed by atoms with van der Waals surface area (Å²) in [4.78, 5) is 10.6. The summed E-state index contributed by atoms with van der Waals surface area (Å²) < 4.78 is 0. The van der Waals surface area contributed by atoms with Gasteiger partial charge < -0.3 is 31.3 Å². The molecule has 0 heterocycles. The van der Waals surface area contributed by atoms with Gasteiger partial charge in [-0.2, -0.15) is 0 Å². The predicted octanol–water partition coefficient (Wildman–Crippen LogP) is -3.70. The second kappa shape index (κ2) is 4.67. The molecule has 84 valence electrons. The Labute approximate surface area is 80.4 Å². The highest BCUT2D eigenvalue weighted by molar-refractivity contribution is 5.83. The van der Waals surface area contributed by atoms with E-state index in [1.807, 2.05) is 0 Å². The van der Waals surface area contributed by atoms with Gasteiger partial charge in [0.1, 0.15) is 18.3 Å². The van der Waals surface area contributed by atoms with Crippen molar-refractivity contribution < 1.29 is 30.3 Å². The maximum atomic E-state index is 10.6. The van der Waals surface area contributed by atoms with Gasteiger partial charge in [0.2, 0.25) is 0 Å². The van der Waals surface area contributed by atoms with E-state index >= 15 is 0 Å². The lowest BCUT2D eigenvalue weighted by molar-refractivity contribution is -0.169. The first-order valence-electron chi connectivity index (χ1n) is 3.92. The van der Waals surface area contributed by atoms with Gasteiger partial charge in [-0.1, -0.05) is 0 Å². The Bertz CT molecular complexity index is 206. The predicted molar refractivity (Wildman–Crippen MR) is 44.9 cm³/mol. The van der Waals surface area contributed by atoms with Crippen LogP contribution in [0.3, 0.4) is 0 Å². The van der Waals surface area contributed by atoms with E-state index in [1.54, 1.807) is 0 Å². The molecule has 0 aliphatic rings. The number of hydrogen-bond acceptors (Lipinski definition) is 6. The molecule has 14 heavy (non-hydrogen) atoms. The minimum Gasteiger partial charge on any atom is -0.394 e. The molecular weight excluding hydrogens is 194 g/mol. The van der Waals surface area contributed by atoms with Crippen LogP contribution in [-0.4, -0.2) is 62.0 Å². The van der Waals surface area contributed by atoms with E-state index in [0.29, 0.717) is 0 Å². The molecule has 0 unspecified atom stereocenters. The summed E-state index contributed by atoms with van der Waals surface area (Å²) in [5.41, 5.74) is 2.38. The second-order valence-electron chi connectivity index (χ2n) is 3.20. The molecule has 7 heteroatoms. The smallest absolute Gasteiger partial charge is 0.251 e. The largest absolute Gasteiger partial charge is 0.394 e. The number of aliphatic hydroxyl groups is 5. The number of hydrogen-bond donors (Lipinski definition) is 6. The van der Waals surface area contributed by atoms with Crippen LogP contribution in [0.2, 0.25) is 0 Å². The average Bonchev–Trinajstić information content (AvgIpc) is 2.13. The van der Waals surface area contributed by atoms with Crippen LogP contribution < -0.4 is 5.73 Å². The topological polar surface area (TPSA) is 144 Å². The molecule has 7 N–H and O–H groups in total. The summed E-state index contributed by atoms with van der Waals surface area (Å²) in [6.45, 7) is 0.0837. The van der Waals surface area contributed by atoms with Gasteiger partial charge >= 0.3 is 0 Å². The molecule has 7 nitrogen and oxygen atoms in total. The highest BCUT2D eigenvalue weighted by Gasteiger charge is 2.43. The van der Waals surface area contributed by atoms with Crippen LogP contribution in [0.25, 0.3) is 0 Å². The second-order valence-corrected chi connectivity index (χ2v) is 3.20. The zero-order valence-corrected chi connectivity index (χ0v) is 7.66. The standard InChI is InChI=1S/C7H15NO6/c1-7(14,6(8)13)5(12)4(11)3(10)2-9/h3-5,9-12,14H,2H2,1H3,(H2,8,13)/t3-,4-,5+,7-/m0/s1. The molecule has 0 rings (SSSR count). The van der Waals surface area contributed by atoms with E-state index in [-0.39, 0.29) is 0 Å². The van der Waals surface area contributed by atoms with Crippen LogP contribution in [0.1, 0.15) is 6.92 Å². The summed E-state index contributed by atoms with van der Waals surface area (Å²) >= 11 is 0. The third-order valence-corrected chi connectivity index (χ3v) is 1.98. The maximum absolute atomic E-state index is 10.6. The third-order valence-electron chi connectivity index (χ3n) is 1.98. The highest BCUT2D eigenvalue weighted by atomic mass is 16.4. The first-order valence-corrected chi connectivity index (χ1v) is 3.92. The Morgan fingerprint density at radius 3 is 2.14 bits per heavy atom. The van der Waals surface area contributed by atoms with E-state index in [9.17, 15) is 15.0 Å². The first-order chi connectivity index (χ1) is 6.25. The lowest BCUT2D eigenvalue weighted by Gasteiger charge is -2.30. The maximum Gasteiger partial charge on any atom is 0.251 e. The number of aliphatic hydroxyl groups excluding tert-OH is 4. The Morgan fingerprint density at radius 1 is 1.43 bits per heavy atom. The SMILES string of the molecule is C[C@@](O)(C(N)=O)[C@H](O)[C@@H](O)[C@@H](O)CO. The van der Waals surface area contributed by atoms with Crippen molar-refractivity contribution in [3.05, 3.63) is 0 Å². The van der Waals surface area contributed by atoms with Gasteiger partial charge in [-0.25, -0.2) is 0 Å². The van der Waals surface area contributed by atoms with E-state index < -0.39 is 36.4 Å². The van der Waals surface area contributed by atoms with Crippen molar-refractivity contribution in [1.29, 1.82) is 0 Å². The molecule has 4 atom stereocenters. The number of carbonyl (C=O) groups is 1. The van der Waals surface area contributed by atoms with Gasteiger partial charge in [0.15, 0.2) is 5.60 Å². The van der Waals surface area contributed by atoms with Crippen molar-refractivity contribution in [3.63, 3.8) is 0 Å². The minimum absolute atomic E-state index is 0.812. The van der Waals surface area contributed by atoms with Gasteiger partial charge in [-0.3, -0.25) is 4.79 Å². The number of rotatable bonds is 5. The Balaban J connectivity index is 4.60. The zero-order chi connectivity index (χ0) is 11.5. The van der Waals surface area contributed by atoms with Gasteiger partial charge in [0.25, 0.3) is 5.91 Å². The van der Waals surface area contributed by atoms with Crippen LogP contribution in [-0.2, 0) is 4.79 Å². The summed E-state index contributed by atoms with van der Waals surface area (Å²) in [5, 5.41) is 45.0. The molecule has 1 amide bonds. The lowest BCUT2D eigenvalue weighted by Crippen LogP contribution is -2.58. The molecule has 0 radical (unpaired) electrons. The fourth-order valence-corrected chi connectivity index (χ4v) is 0.797. The summed E-state index contributed by atoms with van der Waals surface area (Å²) in [7, 11) is 0. The molecule has 0 aromatic heterocycles. The molecule has 0 aliphatic heterocycles. The summed E-state index contributed by atoms with van der Waals surface area (Å²) in [5.74, 6) is -1.24. The molecule has 0 fully saturated rings. The fraction of sp³-hybridized carbons (Fsp3) is 0.857. The number of amides is 1. The molecule has 0 spiro atoms. The van der Waals surface area contributed by atoms with Crippen molar-refractivity contribution in [2.75, 3.05) is 6.61 Å². The molecule has 0 aromatic carbocycles. The van der Waals surface area contributed by atoms with Gasteiger partial charge in [-0.15, -0.1) is 0 Å². The average molecular weight is 209 g/mol. The Morgan fingerprint density at radius 2 is 1.86 bits per heavy atom. The molecule has 0 saturated heterocycles. The van der Waals surface area contributed by atoms with Crippen LogP contribution in [0.5, 0.6) is 0 Å². The van der Waals surface area contributed by atoms with Crippen LogP contribution in [0.15, 0.2) is 0 Å². The van der Waals surface area contributed by atoms with Gasteiger partial charge in [0, 0.05) is 0 Å². The van der Waals surface area contributed by atoms with Crippen molar-refractivity contribution in [2.24, 2.45) is 5.73 Å². The normalized spacial score (nSPS) is 22.1. The molecule has 0 saturated carbocycles. The van der Waals surface area contributed by atoms with Gasteiger partial charge in [0.05, 0.1) is 6.61 Å². The van der Waals surface area contributed by atoms with Crippen molar-refractivity contribution in [1.82, 2.24) is 0 Å². The minimum atomic E-state index is -2.37. The molecule has 0 aliphatic carbocycles. The Hall–Kier alpha value is -0.730. The lowest BCUT2D eigenvalue weighted by atomic mass is 9.91. The van der Waals surface area contributed by atoms with Crippen molar-refractivity contribution in [3.8, 4) is 0 Å². The van der Waals surface area contributed by atoms with Crippen LogP contribution >= 0.6 is 0 Å². The fourth-order valence-electron chi connectivity index (χ4n) is 0.797. The monoisotopic (exact) mass is 209 g/mol. The van der Waals surface area contributed by atoms with E-state index in [4.69, 9.17) is 21.1 Å². The number of carbonyl (C=O) groups excluding carboxylic acids is 1. The summed E-state index contributed by atoms with van der Waals surface area (Å²) in [6.07, 6.45) is -5.49. The number of primary amides is 1. The molecule has 0 aromatic rings. The zero-order valence-electron chi connectivity index (χ0n) is 7.66. The molecular formula is C7H15NO6. The Kier molecular flexibility index (Phi) is 4.43. The molecule has 0 bridgehead atoms.